The van der Waals surface area contributed by atoms with Gasteiger partial charge in [0.25, 0.3) is 5.91 Å². The van der Waals surface area contributed by atoms with Gasteiger partial charge < -0.3 is 5.32 Å². The quantitative estimate of drug-likeness (QED) is 0.745. The van der Waals surface area contributed by atoms with Crippen LogP contribution in [0.3, 0.4) is 0 Å². The fraction of sp³-hybridized carbons (Fsp3) is 0.391. The molecule has 164 valence electrons. The first kappa shape index (κ1) is 21.5. The van der Waals surface area contributed by atoms with Crippen molar-refractivity contribution >= 4 is 27.5 Å². The summed E-state index contributed by atoms with van der Waals surface area (Å²) >= 11 is 0. The van der Waals surface area contributed by atoms with Crippen LogP contribution in [0.1, 0.15) is 41.7 Å². The zero-order chi connectivity index (χ0) is 22.0. The third-order valence-electron chi connectivity index (χ3n) is 5.95. The van der Waals surface area contributed by atoms with Crippen LogP contribution >= 0.6 is 0 Å². The Morgan fingerprint density at radius 2 is 1.71 bits per heavy atom. The fourth-order valence-corrected chi connectivity index (χ4v) is 6.13. The molecule has 2 aromatic rings. The zero-order valence-electron chi connectivity index (χ0n) is 17.5. The summed E-state index contributed by atoms with van der Waals surface area (Å²) in [6.45, 7) is 4.12. The Labute approximate surface area is 183 Å². The summed E-state index contributed by atoms with van der Waals surface area (Å²) < 4.78 is 25.4. The molecule has 2 fully saturated rings. The molecular formula is C23H27N3O4S. The van der Waals surface area contributed by atoms with Gasteiger partial charge in [0.2, 0.25) is 15.9 Å². The lowest BCUT2D eigenvalue weighted by Crippen LogP contribution is -2.36. The number of hydrogen-bond acceptors (Lipinski definition) is 5. The molecule has 2 heterocycles. The smallest absolute Gasteiger partial charge is 0.251 e. The van der Waals surface area contributed by atoms with Gasteiger partial charge in [-0.1, -0.05) is 37.3 Å². The summed E-state index contributed by atoms with van der Waals surface area (Å²) in [7, 11) is -3.66. The molecule has 0 aliphatic carbocycles. The Hall–Kier alpha value is -2.71. The van der Waals surface area contributed by atoms with E-state index in [-0.39, 0.29) is 23.4 Å². The monoisotopic (exact) mass is 441 g/mol. The van der Waals surface area contributed by atoms with E-state index in [1.165, 1.54) is 17.7 Å². The van der Waals surface area contributed by atoms with E-state index in [0.29, 0.717) is 12.1 Å². The molecule has 2 aromatic carbocycles. The first-order valence-corrected chi connectivity index (χ1v) is 12.2. The lowest BCUT2D eigenvalue weighted by Gasteiger charge is -2.28. The minimum atomic E-state index is -3.66. The molecule has 8 heteroatoms. The van der Waals surface area contributed by atoms with Gasteiger partial charge in [-0.05, 0) is 55.8 Å². The summed E-state index contributed by atoms with van der Waals surface area (Å²) in [6, 6.07) is 16.4. The van der Waals surface area contributed by atoms with E-state index in [1.54, 1.807) is 19.1 Å². The average Bonchev–Trinajstić information content (AvgIpc) is 3.35. The summed E-state index contributed by atoms with van der Waals surface area (Å²) in [4.78, 5) is 27.4. The fourth-order valence-electron chi connectivity index (χ4n) is 4.31. The number of rotatable bonds is 6. The van der Waals surface area contributed by atoms with Gasteiger partial charge in [-0.15, -0.1) is 0 Å². The average molecular weight is 442 g/mol. The van der Waals surface area contributed by atoms with Crippen LogP contribution in [-0.2, 0) is 14.8 Å². The highest BCUT2D eigenvalue weighted by atomic mass is 32.2. The van der Waals surface area contributed by atoms with Crippen molar-refractivity contribution in [3.63, 3.8) is 0 Å². The molecule has 2 aliphatic heterocycles. The molecule has 2 amide bonds. The lowest BCUT2D eigenvalue weighted by molar-refractivity contribution is -0.119. The summed E-state index contributed by atoms with van der Waals surface area (Å²) in [5.74, 6) is -1.41. The van der Waals surface area contributed by atoms with Crippen LogP contribution in [0, 0.1) is 5.92 Å². The number of amides is 2. The highest BCUT2D eigenvalue weighted by Gasteiger charge is 2.41. The second-order valence-electron chi connectivity index (χ2n) is 8.21. The van der Waals surface area contributed by atoms with E-state index in [0.717, 1.165) is 30.2 Å². The van der Waals surface area contributed by atoms with Crippen LogP contribution in [0.5, 0.6) is 0 Å². The summed E-state index contributed by atoms with van der Waals surface area (Å²) in [5.41, 5.74) is 1.87. The van der Waals surface area contributed by atoms with Gasteiger partial charge >= 0.3 is 0 Å². The highest BCUT2D eigenvalue weighted by molar-refractivity contribution is 7.94. The largest absolute Gasteiger partial charge is 0.350 e. The molecule has 7 nitrogen and oxygen atoms in total. The molecule has 2 saturated heterocycles. The lowest BCUT2D eigenvalue weighted by atomic mass is 10.1. The molecule has 2 unspecified atom stereocenters. The predicted molar refractivity (Wildman–Crippen MR) is 119 cm³/mol. The number of benzene rings is 2. The van der Waals surface area contributed by atoms with Gasteiger partial charge in [0, 0.05) is 12.1 Å². The maximum absolute atomic E-state index is 12.7. The van der Waals surface area contributed by atoms with Crippen molar-refractivity contribution in [1.82, 2.24) is 10.2 Å². The van der Waals surface area contributed by atoms with Crippen molar-refractivity contribution in [2.45, 2.75) is 25.8 Å². The minimum absolute atomic E-state index is 0.112. The highest BCUT2D eigenvalue weighted by Crippen LogP contribution is 2.28. The molecule has 31 heavy (non-hydrogen) atoms. The van der Waals surface area contributed by atoms with Crippen molar-refractivity contribution < 1.29 is 18.0 Å². The number of sulfonamides is 1. The topological polar surface area (TPSA) is 86.8 Å². The van der Waals surface area contributed by atoms with Crippen molar-refractivity contribution in [2.75, 3.05) is 29.7 Å². The van der Waals surface area contributed by atoms with E-state index in [4.69, 9.17) is 0 Å². The minimum Gasteiger partial charge on any atom is -0.350 e. The van der Waals surface area contributed by atoms with Gasteiger partial charge in [0.1, 0.15) is 0 Å². The molecule has 0 bridgehead atoms. The van der Waals surface area contributed by atoms with E-state index in [9.17, 15) is 18.0 Å². The van der Waals surface area contributed by atoms with Crippen molar-refractivity contribution in [2.24, 2.45) is 5.92 Å². The van der Waals surface area contributed by atoms with Crippen molar-refractivity contribution in [1.29, 1.82) is 0 Å². The summed E-state index contributed by atoms with van der Waals surface area (Å²) in [6.07, 6.45) is 2.32. The van der Waals surface area contributed by atoms with Gasteiger partial charge in [-0.2, -0.15) is 0 Å². The Morgan fingerprint density at radius 1 is 1.06 bits per heavy atom. The third-order valence-corrected chi connectivity index (χ3v) is 7.81. The van der Waals surface area contributed by atoms with Crippen LogP contribution in [0.15, 0.2) is 54.6 Å². The molecule has 1 N–H and O–H groups in total. The zero-order valence-corrected chi connectivity index (χ0v) is 18.3. The maximum atomic E-state index is 12.7. The number of nitrogens with one attached hydrogen (secondary N) is 1. The Bertz CT molecular complexity index is 1050. The summed E-state index contributed by atoms with van der Waals surface area (Å²) in [5, 5.41) is 3.02. The van der Waals surface area contributed by atoms with E-state index < -0.39 is 21.8 Å². The van der Waals surface area contributed by atoms with Gasteiger partial charge in [0.15, 0.2) is 0 Å². The normalized spacial score (nSPS) is 21.9. The first-order valence-electron chi connectivity index (χ1n) is 10.6. The molecule has 0 saturated carbocycles. The van der Waals surface area contributed by atoms with Crippen LogP contribution < -0.4 is 9.62 Å². The number of hydrogen-bond donors (Lipinski definition) is 1. The maximum Gasteiger partial charge on any atom is 0.251 e. The van der Waals surface area contributed by atoms with Crippen LogP contribution in [0.2, 0.25) is 0 Å². The number of carbonyl (C=O) groups excluding carboxylic acids is 2. The Morgan fingerprint density at radius 3 is 2.29 bits per heavy atom. The van der Waals surface area contributed by atoms with Gasteiger partial charge in [-0.3, -0.25) is 14.5 Å². The van der Waals surface area contributed by atoms with Crippen LogP contribution in [-0.4, -0.2) is 50.5 Å². The predicted octanol–water partition coefficient (Wildman–Crippen LogP) is 2.57. The van der Waals surface area contributed by atoms with Crippen LogP contribution in [0.4, 0.5) is 5.69 Å². The molecule has 0 radical (unpaired) electrons. The van der Waals surface area contributed by atoms with Crippen molar-refractivity contribution in [3.8, 4) is 0 Å². The van der Waals surface area contributed by atoms with Crippen molar-refractivity contribution in [3.05, 3.63) is 65.7 Å². The number of anilines is 1. The number of likely N-dealkylation sites (tertiary alicyclic amines) is 1. The van der Waals surface area contributed by atoms with Crippen LogP contribution in [0.25, 0.3) is 0 Å². The Balaban J connectivity index is 1.45. The van der Waals surface area contributed by atoms with Gasteiger partial charge in [0.05, 0.1) is 23.4 Å². The number of carbonyl (C=O) groups is 2. The van der Waals surface area contributed by atoms with E-state index >= 15 is 0 Å². The molecule has 4 rings (SSSR count). The third kappa shape index (κ3) is 4.50. The van der Waals surface area contributed by atoms with Gasteiger partial charge in [-0.25, -0.2) is 12.7 Å². The Kier molecular flexibility index (Phi) is 6.11. The molecular weight excluding hydrogens is 414 g/mol. The molecule has 2 aliphatic rings. The molecule has 0 spiro atoms. The SMILES string of the molecule is CC1CS(=O)(=O)N(c2ccc(C(=O)NCC(c3ccccc3)N3CCCC3)cc2)C1=O. The standard InChI is InChI=1S/C23H27N3O4S/c1-17-16-31(29,30)26(23(17)28)20-11-9-19(10-12-20)22(27)24-15-21(25-13-5-6-14-25)18-7-3-2-4-8-18/h2-4,7-12,17,21H,5-6,13-16H2,1H3,(H,24,27). The van der Waals surface area contributed by atoms with E-state index in [1.807, 2.05) is 18.2 Å². The van der Waals surface area contributed by atoms with E-state index in [2.05, 4.69) is 22.3 Å². The second-order valence-corrected chi connectivity index (χ2v) is 10.1. The number of nitrogens with zero attached hydrogens (tertiary/aromatic N) is 2. The first-order chi connectivity index (χ1) is 14.9. The molecule has 0 aromatic heterocycles. The molecule has 2 atom stereocenters. The second kappa shape index (κ2) is 8.80.